The van der Waals surface area contributed by atoms with Gasteiger partial charge in [-0.1, -0.05) is 12.1 Å². The summed E-state index contributed by atoms with van der Waals surface area (Å²) in [6.45, 7) is 0.463. The largest absolute Gasteiger partial charge is 0.354 e. The number of nitrogens with one attached hydrogen (secondary N) is 2. The van der Waals surface area contributed by atoms with Crippen molar-refractivity contribution in [1.82, 2.24) is 14.9 Å². The van der Waals surface area contributed by atoms with Crippen LogP contribution in [0.4, 0.5) is 0 Å². The van der Waals surface area contributed by atoms with Gasteiger partial charge in [-0.15, -0.1) is 11.3 Å². The topological polar surface area (TPSA) is 66.9 Å². The van der Waals surface area contributed by atoms with Crippen LogP contribution in [0.3, 0.4) is 0 Å². The van der Waals surface area contributed by atoms with Crippen molar-refractivity contribution < 1.29 is 4.79 Å². The highest BCUT2D eigenvalue weighted by Crippen LogP contribution is 2.19. The summed E-state index contributed by atoms with van der Waals surface area (Å²) in [6.07, 6.45) is 0. The van der Waals surface area contributed by atoms with Crippen LogP contribution < -0.4 is 11.0 Å². The number of H-pyrrole nitrogens is 1. The van der Waals surface area contributed by atoms with E-state index < -0.39 is 0 Å². The fourth-order valence-electron chi connectivity index (χ4n) is 2.13. The van der Waals surface area contributed by atoms with E-state index in [0.717, 1.165) is 15.9 Å². The number of fused-ring (bicyclic) bond motifs is 1. The lowest BCUT2D eigenvalue weighted by atomic mass is 10.3. The first kappa shape index (κ1) is 12.7. The van der Waals surface area contributed by atoms with Crippen molar-refractivity contribution in [1.29, 1.82) is 0 Å². The highest BCUT2D eigenvalue weighted by molar-refractivity contribution is 7.14. The number of para-hydroxylation sites is 2. The van der Waals surface area contributed by atoms with Crippen LogP contribution in [0.2, 0.25) is 0 Å². The summed E-state index contributed by atoms with van der Waals surface area (Å²) in [5.74, 6) is -0.104. The maximum Gasteiger partial charge on any atom is 0.326 e. The van der Waals surface area contributed by atoms with Gasteiger partial charge in [0.15, 0.2) is 0 Å². The Morgan fingerprint density at radius 2 is 2.10 bits per heavy atom. The van der Waals surface area contributed by atoms with E-state index in [9.17, 15) is 9.59 Å². The number of carbonyl (C=O) groups excluding carboxylic acids is 1. The van der Waals surface area contributed by atoms with Gasteiger partial charge in [-0.3, -0.25) is 9.36 Å². The Bertz CT molecular complexity index is 828. The molecule has 3 aromatic rings. The lowest BCUT2D eigenvalue weighted by molar-refractivity contribution is 0.0967. The quantitative estimate of drug-likeness (QED) is 0.771. The van der Waals surface area contributed by atoms with E-state index in [1.54, 1.807) is 17.7 Å². The Balaban J connectivity index is 1.97. The molecule has 0 saturated heterocycles. The van der Waals surface area contributed by atoms with Crippen LogP contribution in [0, 0.1) is 0 Å². The zero-order chi connectivity index (χ0) is 14.1. The number of carbonyl (C=O) groups is 1. The first-order chi connectivity index (χ1) is 9.69. The standard InChI is InChI=1S/C14H13N3O2S/c1-15-13(18)12-7-6-9(20-12)8-17-11-5-3-2-4-10(11)16-14(17)19/h2-7H,8H2,1H3,(H,15,18)(H,16,19). The molecule has 20 heavy (non-hydrogen) atoms. The Labute approximate surface area is 118 Å². The van der Waals surface area contributed by atoms with Gasteiger partial charge in [0.25, 0.3) is 5.91 Å². The number of aromatic amines is 1. The van der Waals surface area contributed by atoms with Gasteiger partial charge >= 0.3 is 5.69 Å². The highest BCUT2D eigenvalue weighted by atomic mass is 32.1. The van der Waals surface area contributed by atoms with Gasteiger partial charge < -0.3 is 10.3 Å². The third-order valence-corrected chi connectivity index (χ3v) is 4.18. The van der Waals surface area contributed by atoms with Gasteiger partial charge in [-0.05, 0) is 24.3 Å². The van der Waals surface area contributed by atoms with E-state index in [0.29, 0.717) is 11.4 Å². The third kappa shape index (κ3) is 2.14. The molecule has 1 amide bonds. The number of hydrogen-bond acceptors (Lipinski definition) is 3. The van der Waals surface area contributed by atoms with Crippen LogP contribution in [-0.2, 0) is 6.54 Å². The molecular weight excluding hydrogens is 274 g/mol. The summed E-state index contributed by atoms with van der Waals surface area (Å²) in [7, 11) is 1.60. The summed E-state index contributed by atoms with van der Waals surface area (Å²) in [5.41, 5.74) is 1.55. The summed E-state index contributed by atoms with van der Waals surface area (Å²) in [6, 6.07) is 11.2. The van der Waals surface area contributed by atoms with Crippen molar-refractivity contribution in [2.45, 2.75) is 6.54 Å². The molecule has 0 fully saturated rings. The van der Waals surface area contributed by atoms with Gasteiger partial charge in [0, 0.05) is 11.9 Å². The van der Waals surface area contributed by atoms with Crippen molar-refractivity contribution in [3.63, 3.8) is 0 Å². The fourth-order valence-corrected chi connectivity index (χ4v) is 3.07. The van der Waals surface area contributed by atoms with Gasteiger partial charge in [-0.25, -0.2) is 4.79 Å². The average molecular weight is 287 g/mol. The predicted octanol–water partition coefficient (Wildman–Crippen LogP) is 1.80. The van der Waals surface area contributed by atoms with Crippen LogP contribution >= 0.6 is 11.3 Å². The molecule has 1 aromatic carbocycles. The average Bonchev–Trinajstić information content (AvgIpc) is 3.04. The Morgan fingerprint density at radius 3 is 2.90 bits per heavy atom. The molecule has 5 nitrogen and oxygen atoms in total. The molecule has 0 spiro atoms. The molecular formula is C14H13N3O2S. The molecule has 0 radical (unpaired) electrons. The molecule has 0 saturated carbocycles. The van der Waals surface area contributed by atoms with Crippen LogP contribution in [0.1, 0.15) is 14.5 Å². The molecule has 6 heteroatoms. The van der Waals surface area contributed by atoms with Crippen LogP contribution in [0.25, 0.3) is 11.0 Å². The van der Waals surface area contributed by atoms with E-state index in [2.05, 4.69) is 10.3 Å². The number of hydrogen-bond donors (Lipinski definition) is 2. The molecule has 2 heterocycles. The van der Waals surface area contributed by atoms with Crippen LogP contribution in [-0.4, -0.2) is 22.5 Å². The summed E-state index contributed by atoms with van der Waals surface area (Å²) < 4.78 is 1.68. The second kappa shape index (κ2) is 4.97. The molecule has 0 aliphatic heterocycles. The zero-order valence-corrected chi connectivity index (χ0v) is 11.7. The number of thiophene rings is 1. The summed E-state index contributed by atoms with van der Waals surface area (Å²) in [5, 5.41) is 2.59. The van der Waals surface area contributed by atoms with Crippen molar-refractivity contribution in [2.75, 3.05) is 7.05 Å². The number of nitrogens with zero attached hydrogens (tertiary/aromatic N) is 1. The highest BCUT2D eigenvalue weighted by Gasteiger charge is 2.10. The van der Waals surface area contributed by atoms with Gasteiger partial charge in [0.2, 0.25) is 0 Å². The first-order valence-corrected chi connectivity index (χ1v) is 6.99. The zero-order valence-electron chi connectivity index (χ0n) is 10.8. The maximum atomic E-state index is 12.0. The number of aromatic nitrogens is 2. The lowest BCUT2D eigenvalue weighted by Crippen LogP contribution is -2.17. The predicted molar refractivity (Wildman–Crippen MR) is 79.4 cm³/mol. The maximum absolute atomic E-state index is 12.0. The Kier molecular flexibility index (Phi) is 3.15. The molecule has 3 rings (SSSR count). The van der Waals surface area contributed by atoms with E-state index in [1.807, 2.05) is 30.3 Å². The number of imidazole rings is 1. The molecule has 0 unspecified atom stereocenters. The van der Waals surface area contributed by atoms with Gasteiger partial charge in [-0.2, -0.15) is 0 Å². The normalized spacial score (nSPS) is 10.8. The number of amides is 1. The minimum Gasteiger partial charge on any atom is -0.354 e. The van der Waals surface area contributed by atoms with E-state index in [1.165, 1.54) is 11.3 Å². The van der Waals surface area contributed by atoms with E-state index in [4.69, 9.17) is 0 Å². The van der Waals surface area contributed by atoms with Gasteiger partial charge in [0.05, 0.1) is 22.5 Å². The summed E-state index contributed by atoms with van der Waals surface area (Å²) >= 11 is 1.40. The van der Waals surface area contributed by atoms with Crippen molar-refractivity contribution in [3.05, 3.63) is 56.6 Å². The van der Waals surface area contributed by atoms with E-state index in [-0.39, 0.29) is 11.6 Å². The van der Waals surface area contributed by atoms with Crippen molar-refractivity contribution in [2.24, 2.45) is 0 Å². The molecule has 2 N–H and O–H groups in total. The molecule has 0 aliphatic carbocycles. The SMILES string of the molecule is CNC(=O)c1ccc(Cn2c(=O)[nH]c3ccccc32)s1. The second-order valence-corrected chi connectivity index (χ2v) is 5.55. The second-order valence-electron chi connectivity index (χ2n) is 4.38. The number of rotatable bonds is 3. The van der Waals surface area contributed by atoms with E-state index >= 15 is 0 Å². The molecule has 102 valence electrons. The first-order valence-electron chi connectivity index (χ1n) is 6.17. The molecule has 0 atom stereocenters. The van der Waals surface area contributed by atoms with Crippen LogP contribution in [0.15, 0.2) is 41.2 Å². The van der Waals surface area contributed by atoms with Crippen molar-refractivity contribution >= 4 is 28.3 Å². The molecule has 0 bridgehead atoms. The Morgan fingerprint density at radius 1 is 1.30 bits per heavy atom. The number of benzene rings is 1. The van der Waals surface area contributed by atoms with Gasteiger partial charge in [0.1, 0.15) is 0 Å². The van der Waals surface area contributed by atoms with Crippen LogP contribution in [0.5, 0.6) is 0 Å². The minimum atomic E-state index is -0.138. The molecule has 0 aliphatic rings. The third-order valence-electron chi connectivity index (χ3n) is 3.11. The molecule has 2 aromatic heterocycles. The monoisotopic (exact) mass is 287 g/mol. The summed E-state index contributed by atoms with van der Waals surface area (Å²) in [4.78, 5) is 27.9. The van der Waals surface area contributed by atoms with Crippen molar-refractivity contribution in [3.8, 4) is 0 Å². The lowest BCUT2D eigenvalue weighted by Gasteiger charge is -2.00. The Hall–Kier alpha value is -2.34. The minimum absolute atomic E-state index is 0.104. The fraction of sp³-hybridized carbons (Fsp3) is 0.143. The smallest absolute Gasteiger partial charge is 0.326 e.